The van der Waals surface area contributed by atoms with Crippen LogP contribution in [0.25, 0.3) is 0 Å². The Morgan fingerprint density at radius 2 is 1.94 bits per heavy atom. The summed E-state index contributed by atoms with van der Waals surface area (Å²) >= 11 is 1.36. The molecule has 0 saturated carbocycles. The lowest BCUT2D eigenvalue weighted by Crippen LogP contribution is -2.12. The largest absolute Gasteiger partial charge is 0.433 e. The number of carbonyl (C=O) groups excluding carboxylic acids is 1. The molecule has 0 atom stereocenters. The van der Waals surface area contributed by atoms with E-state index in [1.807, 2.05) is 0 Å². The molecule has 0 N–H and O–H groups in total. The van der Waals surface area contributed by atoms with Crippen LogP contribution in [0.1, 0.15) is 28.2 Å². The van der Waals surface area contributed by atoms with Crippen molar-refractivity contribution in [2.45, 2.75) is 12.6 Å². The number of rotatable bonds is 2. The molecule has 88 valence electrons. The number of hydrogen-bond donors (Lipinski definition) is 0. The number of aldehydes is 1. The van der Waals surface area contributed by atoms with E-state index in [4.69, 9.17) is 0 Å². The number of nitrogens with zero attached hydrogens (tertiary/aromatic N) is 1. The first-order valence-corrected chi connectivity index (χ1v) is 4.86. The molecule has 0 bridgehead atoms. The third kappa shape index (κ3) is 2.66. The molecule has 0 spiro atoms. The summed E-state index contributed by atoms with van der Waals surface area (Å²) in [5.74, 6) is 0. The van der Waals surface area contributed by atoms with Gasteiger partial charge in [-0.25, -0.2) is 13.8 Å². The Bertz CT molecular complexity index is 418. The standard InChI is InChI=1S/C8H3F5INO/c9-7(10)6-5(14)3(2-16)1-4(15-6)8(11,12)13/h1-2,7H. The van der Waals surface area contributed by atoms with E-state index in [1.165, 1.54) is 22.6 Å². The SMILES string of the molecule is O=Cc1cc(C(F)(F)F)nc(C(F)F)c1I. The van der Waals surface area contributed by atoms with E-state index in [0.717, 1.165) is 0 Å². The summed E-state index contributed by atoms with van der Waals surface area (Å²) in [4.78, 5) is 13.2. The minimum Gasteiger partial charge on any atom is -0.298 e. The molecule has 16 heavy (non-hydrogen) atoms. The monoisotopic (exact) mass is 351 g/mol. The highest BCUT2D eigenvalue weighted by atomic mass is 127. The van der Waals surface area contributed by atoms with Crippen LogP contribution in [0.15, 0.2) is 6.07 Å². The van der Waals surface area contributed by atoms with Crippen LogP contribution in [-0.4, -0.2) is 11.3 Å². The highest BCUT2D eigenvalue weighted by Crippen LogP contribution is 2.32. The molecule has 0 aromatic carbocycles. The molecule has 1 heterocycles. The first-order chi connectivity index (χ1) is 7.27. The van der Waals surface area contributed by atoms with Gasteiger partial charge in [-0.05, 0) is 28.7 Å². The number of halogens is 6. The summed E-state index contributed by atoms with van der Waals surface area (Å²) in [6, 6.07) is 0.445. The number of carbonyl (C=O) groups is 1. The van der Waals surface area contributed by atoms with Gasteiger partial charge in [0.05, 0.1) is 3.57 Å². The van der Waals surface area contributed by atoms with Crippen LogP contribution in [0.2, 0.25) is 0 Å². The van der Waals surface area contributed by atoms with E-state index < -0.39 is 29.6 Å². The highest BCUT2D eigenvalue weighted by molar-refractivity contribution is 14.1. The minimum absolute atomic E-state index is 0.0879. The van der Waals surface area contributed by atoms with Gasteiger partial charge in [-0.1, -0.05) is 0 Å². The number of hydrogen-bond acceptors (Lipinski definition) is 2. The van der Waals surface area contributed by atoms with Crippen LogP contribution >= 0.6 is 22.6 Å². The second-order valence-corrected chi connectivity index (χ2v) is 3.79. The predicted octanol–water partition coefficient (Wildman–Crippen LogP) is 3.46. The Morgan fingerprint density at radius 1 is 1.38 bits per heavy atom. The number of alkyl halides is 5. The molecule has 0 radical (unpaired) electrons. The molecule has 8 heteroatoms. The topological polar surface area (TPSA) is 30.0 Å². The van der Waals surface area contributed by atoms with E-state index in [9.17, 15) is 26.7 Å². The molecular formula is C8H3F5INO. The fraction of sp³-hybridized carbons (Fsp3) is 0.250. The normalized spacial score (nSPS) is 11.9. The number of pyridine rings is 1. The zero-order valence-electron chi connectivity index (χ0n) is 7.36. The summed E-state index contributed by atoms with van der Waals surface area (Å²) in [6.45, 7) is 0. The number of aromatic nitrogens is 1. The first kappa shape index (κ1) is 13.3. The zero-order chi connectivity index (χ0) is 12.5. The van der Waals surface area contributed by atoms with Crippen molar-refractivity contribution >= 4 is 28.9 Å². The zero-order valence-corrected chi connectivity index (χ0v) is 9.51. The highest BCUT2D eigenvalue weighted by Gasteiger charge is 2.35. The first-order valence-electron chi connectivity index (χ1n) is 3.78. The van der Waals surface area contributed by atoms with Crippen molar-refractivity contribution in [3.05, 3.63) is 26.6 Å². The van der Waals surface area contributed by atoms with Gasteiger partial charge in [-0.2, -0.15) is 13.2 Å². The molecule has 0 aliphatic heterocycles. The predicted molar refractivity (Wildman–Crippen MR) is 52.3 cm³/mol. The molecule has 1 aromatic rings. The summed E-state index contributed by atoms with van der Waals surface area (Å²) < 4.78 is 61.2. The van der Waals surface area contributed by atoms with Crippen molar-refractivity contribution in [3.63, 3.8) is 0 Å². The van der Waals surface area contributed by atoms with Gasteiger partial charge in [0.15, 0.2) is 6.29 Å². The van der Waals surface area contributed by atoms with Gasteiger partial charge in [0.1, 0.15) is 11.4 Å². The summed E-state index contributed by atoms with van der Waals surface area (Å²) in [7, 11) is 0. The summed E-state index contributed by atoms with van der Waals surface area (Å²) in [6.07, 6.45) is -7.93. The quantitative estimate of drug-likeness (QED) is 0.464. The second kappa shape index (κ2) is 4.60. The van der Waals surface area contributed by atoms with Crippen LogP contribution in [0.5, 0.6) is 0 Å². The lowest BCUT2D eigenvalue weighted by molar-refractivity contribution is -0.141. The van der Waals surface area contributed by atoms with E-state index >= 15 is 0 Å². The molecule has 0 fully saturated rings. The van der Waals surface area contributed by atoms with E-state index in [2.05, 4.69) is 4.98 Å². The Labute approximate surface area is 100.0 Å². The average molecular weight is 351 g/mol. The second-order valence-electron chi connectivity index (χ2n) is 2.71. The molecule has 0 unspecified atom stereocenters. The van der Waals surface area contributed by atoms with Gasteiger partial charge in [0.2, 0.25) is 0 Å². The Hall–Kier alpha value is -0.800. The van der Waals surface area contributed by atoms with Crippen molar-refractivity contribution in [3.8, 4) is 0 Å². The molecule has 0 saturated heterocycles. The average Bonchev–Trinajstić information content (AvgIpc) is 2.15. The molecular weight excluding hydrogens is 348 g/mol. The summed E-state index contributed by atoms with van der Waals surface area (Å²) in [5.41, 5.74) is -2.97. The van der Waals surface area contributed by atoms with E-state index in [0.29, 0.717) is 6.07 Å². The summed E-state index contributed by atoms with van der Waals surface area (Å²) in [5, 5.41) is 0. The Balaban J connectivity index is 3.46. The maximum absolute atomic E-state index is 12.4. The lowest BCUT2D eigenvalue weighted by Gasteiger charge is -2.10. The molecule has 2 nitrogen and oxygen atoms in total. The van der Waals surface area contributed by atoms with Crippen molar-refractivity contribution in [1.29, 1.82) is 0 Å². The van der Waals surface area contributed by atoms with Crippen LogP contribution < -0.4 is 0 Å². The maximum atomic E-state index is 12.4. The smallest absolute Gasteiger partial charge is 0.298 e. The van der Waals surface area contributed by atoms with Gasteiger partial charge in [-0.3, -0.25) is 4.79 Å². The minimum atomic E-state index is -4.86. The van der Waals surface area contributed by atoms with Crippen molar-refractivity contribution in [2.24, 2.45) is 0 Å². The fourth-order valence-corrected chi connectivity index (χ4v) is 1.58. The van der Waals surface area contributed by atoms with Crippen molar-refractivity contribution in [1.82, 2.24) is 4.98 Å². The third-order valence-electron chi connectivity index (χ3n) is 1.64. The van der Waals surface area contributed by atoms with Crippen molar-refractivity contribution < 1.29 is 26.7 Å². The molecule has 1 aromatic heterocycles. The fourth-order valence-electron chi connectivity index (χ4n) is 0.945. The van der Waals surface area contributed by atoms with Gasteiger partial charge in [0.25, 0.3) is 6.43 Å². The van der Waals surface area contributed by atoms with Crippen LogP contribution in [-0.2, 0) is 6.18 Å². The third-order valence-corrected chi connectivity index (χ3v) is 2.81. The molecule has 0 aliphatic carbocycles. The Morgan fingerprint density at radius 3 is 2.31 bits per heavy atom. The van der Waals surface area contributed by atoms with Gasteiger partial charge < -0.3 is 0 Å². The van der Waals surface area contributed by atoms with Crippen molar-refractivity contribution in [2.75, 3.05) is 0 Å². The van der Waals surface area contributed by atoms with Crippen LogP contribution in [0, 0.1) is 3.57 Å². The molecule has 0 amide bonds. The lowest BCUT2D eigenvalue weighted by atomic mass is 10.2. The molecule has 0 aliphatic rings. The Kier molecular flexibility index (Phi) is 3.81. The van der Waals surface area contributed by atoms with E-state index in [1.54, 1.807) is 0 Å². The van der Waals surface area contributed by atoms with Crippen LogP contribution in [0.4, 0.5) is 22.0 Å². The van der Waals surface area contributed by atoms with Gasteiger partial charge in [-0.15, -0.1) is 0 Å². The molecule has 1 rings (SSSR count). The maximum Gasteiger partial charge on any atom is 0.433 e. The van der Waals surface area contributed by atoms with Gasteiger partial charge >= 0.3 is 6.18 Å². The van der Waals surface area contributed by atoms with Crippen LogP contribution in [0.3, 0.4) is 0 Å². The van der Waals surface area contributed by atoms with Gasteiger partial charge in [0, 0.05) is 5.56 Å². The van der Waals surface area contributed by atoms with E-state index in [-0.39, 0.29) is 9.86 Å².